The lowest BCUT2D eigenvalue weighted by Crippen LogP contribution is -2.27. The van der Waals surface area contributed by atoms with E-state index in [4.69, 9.17) is 14.7 Å². The Bertz CT molecular complexity index is 1220. The molecule has 0 saturated heterocycles. The highest BCUT2D eigenvalue weighted by Crippen LogP contribution is 2.34. The first-order valence-electron chi connectivity index (χ1n) is 8.45. The third-order valence-corrected chi connectivity index (χ3v) is 5.23. The Balaban J connectivity index is 1.90. The molecule has 1 heterocycles. The van der Waals surface area contributed by atoms with E-state index >= 15 is 0 Å². The van der Waals surface area contributed by atoms with E-state index in [2.05, 4.69) is 14.8 Å². The molecule has 1 unspecified atom stereocenters. The average Bonchev–Trinajstić information content (AvgIpc) is 3.13. The summed E-state index contributed by atoms with van der Waals surface area (Å²) in [5.41, 5.74) is 2.74. The molecule has 2 aromatic carbocycles. The monoisotopic (exact) mass is 429 g/mol. The van der Waals surface area contributed by atoms with Gasteiger partial charge in [0.25, 0.3) is 10.0 Å². The van der Waals surface area contributed by atoms with Gasteiger partial charge in [-0.15, -0.1) is 0 Å². The number of nitrogens with zero attached hydrogens (tertiary/aromatic N) is 3. The van der Waals surface area contributed by atoms with Crippen molar-refractivity contribution < 1.29 is 32.7 Å². The second kappa shape index (κ2) is 8.35. The second-order valence-electron chi connectivity index (χ2n) is 6.09. The van der Waals surface area contributed by atoms with Crippen LogP contribution in [0, 0.1) is 6.92 Å². The first kappa shape index (κ1) is 21.0. The number of sulfonamides is 1. The molecule has 10 nitrogen and oxygen atoms in total. The Labute approximate surface area is 170 Å². The molecule has 3 aromatic rings. The first-order chi connectivity index (χ1) is 14.2. The number of aryl methyl sites for hydroxylation is 1. The van der Waals surface area contributed by atoms with Crippen molar-refractivity contribution in [2.24, 2.45) is 9.63 Å². The Kier molecular flexibility index (Phi) is 5.85. The third-order valence-electron chi connectivity index (χ3n) is 4.07. The Hall–Kier alpha value is -3.70. The molecule has 0 aliphatic heterocycles. The summed E-state index contributed by atoms with van der Waals surface area (Å²) in [6.07, 6.45) is -2.49. The van der Waals surface area contributed by atoms with Gasteiger partial charge in [0, 0.05) is 5.56 Å². The van der Waals surface area contributed by atoms with Crippen LogP contribution in [0.2, 0.25) is 0 Å². The number of aromatic nitrogens is 1. The lowest BCUT2D eigenvalue weighted by Gasteiger charge is -2.04. The highest BCUT2D eigenvalue weighted by atomic mass is 32.2. The van der Waals surface area contributed by atoms with E-state index in [1.165, 1.54) is 24.3 Å². The summed E-state index contributed by atoms with van der Waals surface area (Å²) >= 11 is 0. The Morgan fingerprint density at radius 2 is 1.67 bits per heavy atom. The fourth-order valence-electron chi connectivity index (χ4n) is 2.60. The summed E-state index contributed by atoms with van der Waals surface area (Å²) in [4.78, 5) is 21.5. The minimum Gasteiger partial charge on any atom is -0.479 e. The Morgan fingerprint density at radius 1 is 1.03 bits per heavy atom. The number of hydrogen-bond acceptors (Lipinski definition) is 7. The predicted molar refractivity (Wildman–Crippen MR) is 103 cm³/mol. The van der Waals surface area contributed by atoms with Gasteiger partial charge in [0.05, 0.1) is 10.5 Å². The number of carboxylic acids is 1. The van der Waals surface area contributed by atoms with Gasteiger partial charge >= 0.3 is 11.9 Å². The molecule has 1 atom stereocenters. The molecular weight excluding hydrogens is 414 g/mol. The number of carbonyl (C=O) groups is 2. The summed E-state index contributed by atoms with van der Waals surface area (Å²) < 4.78 is 32.6. The fraction of sp³-hybridized carbons (Fsp3) is 0.105. The van der Waals surface area contributed by atoms with Crippen molar-refractivity contribution in [3.05, 3.63) is 60.4 Å². The molecular formula is C19H15N3O7S. The molecule has 0 saturated carbocycles. The molecule has 1 amide bonds. The van der Waals surface area contributed by atoms with Crippen LogP contribution in [0.4, 0.5) is 0 Å². The van der Waals surface area contributed by atoms with Crippen molar-refractivity contribution in [1.29, 1.82) is 0 Å². The van der Waals surface area contributed by atoms with Gasteiger partial charge < -0.3 is 14.7 Å². The lowest BCUT2D eigenvalue weighted by molar-refractivity contribution is -0.151. The molecule has 0 aliphatic carbocycles. The van der Waals surface area contributed by atoms with Gasteiger partial charge in [-0.25, -0.2) is 4.79 Å². The standard InChI is InChI=1S/C19H15N3O7S/c1-11-15(16(21-29-11)13-5-3-2-4-6-13)12-7-9-14(10-8-12)30(27,28)22-20-18(24)17(23)19(25)26/h2-10,17,23H,1H3,(H,25,26). The molecule has 0 fully saturated rings. The zero-order valence-corrected chi connectivity index (χ0v) is 16.3. The van der Waals surface area contributed by atoms with Crippen molar-refractivity contribution >= 4 is 21.9 Å². The number of aliphatic hydroxyl groups excluding tert-OH is 1. The number of aliphatic carboxylic acids is 1. The van der Waals surface area contributed by atoms with Crippen molar-refractivity contribution in [1.82, 2.24) is 5.16 Å². The molecule has 2 N–H and O–H groups in total. The largest absolute Gasteiger partial charge is 0.479 e. The van der Waals surface area contributed by atoms with E-state index in [1.807, 2.05) is 30.3 Å². The van der Waals surface area contributed by atoms with Crippen LogP contribution in [0.1, 0.15) is 5.76 Å². The van der Waals surface area contributed by atoms with Gasteiger partial charge in [0.2, 0.25) is 6.10 Å². The van der Waals surface area contributed by atoms with E-state index in [0.717, 1.165) is 5.56 Å². The summed E-state index contributed by atoms with van der Waals surface area (Å²) in [7, 11) is -4.38. The topological polar surface area (TPSA) is 159 Å². The highest BCUT2D eigenvalue weighted by Gasteiger charge is 2.24. The van der Waals surface area contributed by atoms with Gasteiger partial charge in [-0.3, -0.25) is 4.79 Å². The second-order valence-corrected chi connectivity index (χ2v) is 7.67. The smallest absolute Gasteiger partial charge is 0.342 e. The lowest BCUT2D eigenvalue weighted by atomic mass is 10.00. The third kappa shape index (κ3) is 4.31. The van der Waals surface area contributed by atoms with Crippen molar-refractivity contribution in [3.8, 4) is 22.4 Å². The molecule has 3 rings (SSSR count). The van der Waals surface area contributed by atoms with E-state index in [-0.39, 0.29) is 4.90 Å². The normalized spacial score (nSPS) is 12.7. The summed E-state index contributed by atoms with van der Waals surface area (Å²) in [5.74, 6) is -2.92. The van der Waals surface area contributed by atoms with Gasteiger partial charge in [-0.1, -0.05) is 57.3 Å². The molecule has 0 radical (unpaired) electrons. The van der Waals surface area contributed by atoms with Crippen LogP contribution in [0.25, 0.3) is 22.4 Å². The van der Waals surface area contributed by atoms with Gasteiger partial charge in [-0.2, -0.15) is 8.42 Å². The zero-order chi connectivity index (χ0) is 21.9. The van der Waals surface area contributed by atoms with E-state index in [0.29, 0.717) is 22.6 Å². The van der Waals surface area contributed by atoms with E-state index in [9.17, 15) is 18.0 Å². The van der Waals surface area contributed by atoms with Crippen LogP contribution in [-0.2, 0) is 19.6 Å². The van der Waals surface area contributed by atoms with Crippen molar-refractivity contribution in [2.45, 2.75) is 17.9 Å². The number of aliphatic hydroxyl groups is 1. The molecule has 0 aliphatic rings. The fourth-order valence-corrected chi connectivity index (χ4v) is 3.36. The quantitative estimate of drug-likeness (QED) is 0.446. The first-order valence-corrected chi connectivity index (χ1v) is 9.89. The van der Waals surface area contributed by atoms with E-state index in [1.54, 1.807) is 6.92 Å². The number of rotatable bonds is 6. The van der Waals surface area contributed by atoms with Crippen LogP contribution in [0.5, 0.6) is 0 Å². The van der Waals surface area contributed by atoms with Crippen LogP contribution in [-0.4, -0.2) is 41.8 Å². The maximum Gasteiger partial charge on any atom is 0.342 e. The van der Waals surface area contributed by atoms with Gasteiger partial charge in [-0.05, 0) is 24.6 Å². The van der Waals surface area contributed by atoms with Crippen molar-refractivity contribution in [2.75, 3.05) is 0 Å². The predicted octanol–water partition coefficient (Wildman–Crippen LogP) is 2.43. The maximum atomic E-state index is 12.2. The molecule has 11 heteroatoms. The average molecular weight is 429 g/mol. The number of benzene rings is 2. The van der Waals surface area contributed by atoms with Gasteiger partial charge in [0.15, 0.2) is 0 Å². The van der Waals surface area contributed by atoms with E-state index < -0.39 is 28.0 Å². The number of amides is 1. The summed E-state index contributed by atoms with van der Waals surface area (Å²) in [6.45, 7) is 1.73. The number of carbonyl (C=O) groups excluding carboxylic acids is 1. The summed E-state index contributed by atoms with van der Waals surface area (Å²) in [5, 5.41) is 24.4. The number of carboxylic acid groups (broad SMARTS) is 1. The van der Waals surface area contributed by atoms with Crippen LogP contribution in [0.3, 0.4) is 0 Å². The minimum atomic E-state index is -4.38. The van der Waals surface area contributed by atoms with Crippen molar-refractivity contribution in [3.63, 3.8) is 0 Å². The summed E-state index contributed by atoms with van der Waals surface area (Å²) in [6, 6.07) is 14.8. The SMILES string of the molecule is Cc1onc(-c2ccccc2)c1-c1ccc(S(=O)(=O)N=NC(=O)C(O)C(=O)O)cc1. The highest BCUT2D eigenvalue weighted by molar-refractivity contribution is 7.90. The maximum absolute atomic E-state index is 12.2. The molecule has 0 spiro atoms. The van der Waals surface area contributed by atoms with Gasteiger partial charge in [0.1, 0.15) is 11.5 Å². The molecule has 154 valence electrons. The Morgan fingerprint density at radius 3 is 2.27 bits per heavy atom. The molecule has 1 aromatic heterocycles. The number of hydrogen-bond donors (Lipinski definition) is 2. The van der Waals surface area contributed by atoms with Crippen LogP contribution >= 0.6 is 0 Å². The molecule has 0 bridgehead atoms. The van der Waals surface area contributed by atoms with Crippen LogP contribution < -0.4 is 0 Å². The zero-order valence-electron chi connectivity index (χ0n) is 15.5. The molecule has 30 heavy (non-hydrogen) atoms. The minimum absolute atomic E-state index is 0.275. The van der Waals surface area contributed by atoms with Crippen LogP contribution in [0.15, 0.2) is 73.6 Å².